The van der Waals surface area contributed by atoms with Gasteiger partial charge in [0.1, 0.15) is 0 Å². The van der Waals surface area contributed by atoms with Crippen molar-refractivity contribution in [2.24, 2.45) is 5.92 Å². The summed E-state index contributed by atoms with van der Waals surface area (Å²) in [6.45, 7) is 3.53. The van der Waals surface area contributed by atoms with Crippen LogP contribution in [0.25, 0.3) is 0 Å². The molecule has 0 bridgehead atoms. The van der Waals surface area contributed by atoms with Gasteiger partial charge in [0.25, 0.3) is 0 Å². The largest absolute Gasteiger partial charge is 0.454 e. The SMILES string of the molecule is CCC(CC1CC1)NCc1ccc2c(c1)OCO2. The van der Waals surface area contributed by atoms with Crippen LogP contribution in [0.4, 0.5) is 0 Å². The van der Waals surface area contributed by atoms with Crippen molar-refractivity contribution in [1.82, 2.24) is 5.32 Å². The van der Waals surface area contributed by atoms with Gasteiger partial charge < -0.3 is 14.8 Å². The van der Waals surface area contributed by atoms with Gasteiger partial charge in [0.2, 0.25) is 6.79 Å². The summed E-state index contributed by atoms with van der Waals surface area (Å²) in [6.07, 6.45) is 5.41. The molecule has 1 aliphatic carbocycles. The summed E-state index contributed by atoms with van der Waals surface area (Å²) in [5.41, 5.74) is 1.27. The Hall–Kier alpha value is -1.22. The summed E-state index contributed by atoms with van der Waals surface area (Å²) in [7, 11) is 0. The molecule has 0 saturated heterocycles. The number of hydrogen-bond donors (Lipinski definition) is 1. The summed E-state index contributed by atoms with van der Waals surface area (Å²) < 4.78 is 10.7. The van der Waals surface area contributed by atoms with E-state index in [4.69, 9.17) is 9.47 Å². The van der Waals surface area contributed by atoms with Crippen molar-refractivity contribution < 1.29 is 9.47 Å². The Balaban J connectivity index is 1.55. The van der Waals surface area contributed by atoms with Gasteiger partial charge in [-0.15, -0.1) is 0 Å². The van der Waals surface area contributed by atoms with Crippen LogP contribution in [-0.2, 0) is 6.54 Å². The molecule has 1 heterocycles. The van der Waals surface area contributed by atoms with Crippen LogP contribution in [0.3, 0.4) is 0 Å². The predicted molar refractivity (Wildman–Crippen MR) is 70.8 cm³/mol. The second-order valence-electron chi connectivity index (χ2n) is 5.35. The molecule has 3 nitrogen and oxygen atoms in total. The van der Waals surface area contributed by atoms with E-state index in [9.17, 15) is 0 Å². The minimum atomic E-state index is 0.353. The Kier molecular flexibility index (Phi) is 3.41. The van der Waals surface area contributed by atoms with Crippen LogP contribution >= 0.6 is 0 Å². The summed E-state index contributed by atoms with van der Waals surface area (Å²) in [6, 6.07) is 6.85. The topological polar surface area (TPSA) is 30.5 Å². The predicted octanol–water partition coefficient (Wildman–Crippen LogP) is 3.08. The van der Waals surface area contributed by atoms with Crippen molar-refractivity contribution in [2.45, 2.75) is 45.2 Å². The number of benzene rings is 1. The van der Waals surface area contributed by atoms with Gasteiger partial charge in [0.15, 0.2) is 11.5 Å². The first-order chi connectivity index (χ1) is 8.85. The molecule has 0 radical (unpaired) electrons. The molecule has 98 valence electrons. The Morgan fingerprint density at radius 3 is 2.89 bits per heavy atom. The molecule has 0 aromatic heterocycles. The lowest BCUT2D eigenvalue weighted by molar-refractivity contribution is 0.174. The van der Waals surface area contributed by atoms with Crippen LogP contribution in [0.15, 0.2) is 18.2 Å². The first kappa shape index (κ1) is 11.8. The van der Waals surface area contributed by atoms with Gasteiger partial charge in [-0.3, -0.25) is 0 Å². The highest BCUT2D eigenvalue weighted by atomic mass is 16.7. The highest BCUT2D eigenvalue weighted by Gasteiger charge is 2.24. The Bertz CT molecular complexity index is 415. The Morgan fingerprint density at radius 2 is 2.11 bits per heavy atom. The molecule has 2 aliphatic rings. The standard InChI is InChI=1S/C15H21NO2/c1-2-13(7-11-3-4-11)16-9-12-5-6-14-15(8-12)18-10-17-14/h5-6,8,11,13,16H,2-4,7,9-10H2,1H3. The monoisotopic (exact) mass is 247 g/mol. The zero-order valence-corrected chi connectivity index (χ0v) is 10.9. The molecule has 1 aliphatic heterocycles. The Labute approximate surface area is 108 Å². The molecule has 1 unspecified atom stereocenters. The molecule has 18 heavy (non-hydrogen) atoms. The molecular weight excluding hydrogens is 226 g/mol. The molecule has 1 atom stereocenters. The zero-order valence-electron chi connectivity index (χ0n) is 10.9. The molecule has 1 fully saturated rings. The van der Waals surface area contributed by atoms with Gasteiger partial charge in [0, 0.05) is 12.6 Å². The number of hydrogen-bond acceptors (Lipinski definition) is 3. The van der Waals surface area contributed by atoms with Crippen LogP contribution in [0.5, 0.6) is 11.5 Å². The van der Waals surface area contributed by atoms with Crippen LogP contribution in [-0.4, -0.2) is 12.8 Å². The van der Waals surface area contributed by atoms with Crippen molar-refractivity contribution in [3.8, 4) is 11.5 Å². The van der Waals surface area contributed by atoms with Gasteiger partial charge in [-0.25, -0.2) is 0 Å². The highest BCUT2D eigenvalue weighted by Crippen LogP contribution is 2.34. The van der Waals surface area contributed by atoms with Crippen LogP contribution < -0.4 is 14.8 Å². The third-order valence-electron chi connectivity index (χ3n) is 3.84. The van der Waals surface area contributed by atoms with Crippen molar-refractivity contribution in [3.63, 3.8) is 0 Å². The first-order valence-corrected chi connectivity index (χ1v) is 6.97. The molecule has 3 rings (SSSR count). The minimum Gasteiger partial charge on any atom is -0.454 e. The summed E-state index contributed by atoms with van der Waals surface area (Å²) in [4.78, 5) is 0. The molecule has 1 saturated carbocycles. The fraction of sp³-hybridized carbons (Fsp3) is 0.600. The van der Waals surface area contributed by atoms with E-state index in [-0.39, 0.29) is 0 Å². The van der Waals surface area contributed by atoms with Gasteiger partial charge in [-0.05, 0) is 36.5 Å². The van der Waals surface area contributed by atoms with E-state index in [1.165, 1.54) is 31.2 Å². The summed E-state index contributed by atoms with van der Waals surface area (Å²) >= 11 is 0. The summed E-state index contributed by atoms with van der Waals surface area (Å²) in [5.74, 6) is 2.73. The quantitative estimate of drug-likeness (QED) is 0.838. The third kappa shape index (κ3) is 2.78. The fourth-order valence-electron chi connectivity index (χ4n) is 2.46. The van der Waals surface area contributed by atoms with Gasteiger partial charge in [0.05, 0.1) is 0 Å². The van der Waals surface area contributed by atoms with E-state index in [0.29, 0.717) is 12.8 Å². The van der Waals surface area contributed by atoms with E-state index in [1.54, 1.807) is 0 Å². The second kappa shape index (κ2) is 5.19. The van der Waals surface area contributed by atoms with E-state index in [0.717, 1.165) is 24.0 Å². The van der Waals surface area contributed by atoms with Gasteiger partial charge in [-0.1, -0.05) is 25.8 Å². The molecule has 1 N–H and O–H groups in total. The van der Waals surface area contributed by atoms with Crippen LogP contribution in [0.2, 0.25) is 0 Å². The Morgan fingerprint density at radius 1 is 1.28 bits per heavy atom. The normalized spacial score (nSPS) is 18.9. The maximum absolute atomic E-state index is 5.40. The molecule has 0 amide bonds. The molecular formula is C15H21NO2. The lowest BCUT2D eigenvalue weighted by Gasteiger charge is -2.16. The number of ether oxygens (including phenoxy) is 2. The van der Waals surface area contributed by atoms with Gasteiger partial charge >= 0.3 is 0 Å². The average molecular weight is 247 g/mol. The van der Waals surface area contributed by atoms with Crippen LogP contribution in [0, 0.1) is 5.92 Å². The molecule has 1 aromatic rings. The van der Waals surface area contributed by atoms with Crippen molar-refractivity contribution in [2.75, 3.05) is 6.79 Å². The fourth-order valence-corrected chi connectivity index (χ4v) is 2.46. The van der Waals surface area contributed by atoms with E-state index in [2.05, 4.69) is 24.4 Å². The maximum Gasteiger partial charge on any atom is 0.231 e. The van der Waals surface area contributed by atoms with Crippen molar-refractivity contribution >= 4 is 0 Å². The minimum absolute atomic E-state index is 0.353. The highest BCUT2D eigenvalue weighted by molar-refractivity contribution is 5.44. The molecule has 0 spiro atoms. The second-order valence-corrected chi connectivity index (χ2v) is 5.35. The summed E-state index contributed by atoms with van der Waals surface area (Å²) in [5, 5.41) is 3.65. The molecule has 3 heteroatoms. The van der Waals surface area contributed by atoms with Crippen molar-refractivity contribution in [1.29, 1.82) is 0 Å². The van der Waals surface area contributed by atoms with Gasteiger partial charge in [-0.2, -0.15) is 0 Å². The van der Waals surface area contributed by atoms with E-state index >= 15 is 0 Å². The number of fused-ring (bicyclic) bond motifs is 1. The smallest absolute Gasteiger partial charge is 0.231 e. The average Bonchev–Trinajstić information content (AvgIpc) is 3.09. The van der Waals surface area contributed by atoms with Crippen LogP contribution in [0.1, 0.15) is 38.2 Å². The number of nitrogens with one attached hydrogen (secondary N) is 1. The lowest BCUT2D eigenvalue weighted by Crippen LogP contribution is -2.28. The third-order valence-corrected chi connectivity index (χ3v) is 3.84. The van der Waals surface area contributed by atoms with E-state index in [1.807, 2.05) is 6.07 Å². The van der Waals surface area contributed by atoms with E-state index < -0.39 is 0 Å². The zero-order chi connectivity index (χ0) is 12.4. The maximum atomic E-state index is 5.40. The number of rotatable bonds is 6. The first-order valence-electron chi connectivity index (χ1n) is 6.97. The molecule has 1 aromatic carbocycles. The lowest BCUT2D eigenvalue weighted by atomic mass is 10.1. The van der Waals surface area contributed by atoms with Crippen molar-refractivity contribution in [3.05, 3.63) is 23.8 Å².